The van der Waals surface area contributed by atoms with E-state index in [-0.39, 0.29) is 0 Å². The van der Waals surface area contributed by atoms with Gasteiger partial charge in [-0.25, -0.2) is 0 Å². The Morgan fingerprint density at radius 2 is 2.06 bits per heavy atom. The minimum atomic E-state index is 0.343. The second-order valence-corrected chi connectivity index (χ2v) is 3.57. The van der Waals surface area contributed by atoms with Gasteiger partial charge in [-0.15, -0.1) is 0 Å². The summed E-state index contributed by atoms with van der Waals surface area (Å²) >= 11 is 0. The Bertz CT molecular complexity index is 421. The van der Waals surface area contributed by atoms with Gasteiger partial charge in [0.1, 0.15) is 5.75 Å². The zero-order valence-corrected chi connectivity index (χ0v) is 10.9. The van der Waals surface area contributed by atoms with Crippen molar-refractivity contribution >= 4 is 0 Å². The lowest BCUT2D eigenvalue weighted by Gasteiger charge is -2.08. The Kier molecular flexibility index (Phi) is 6.89. The van der Waals surface area contributed by atoms with Gasteiger partial charge in [-0.1, -0.05) is 11.8 Å². The van der Waals surface area contributed by atoms with Crippen LogP contribution < -0.4 is 10.5 Å². The third-order valence-corrected chi connectivity index (χ3v) is 2.33. The lowest BCUT2D eigenvalue weighted by atomic mass is 10.1. The average Bonchev–Trinajstić information content (AvgIpc) is 2.42. The van der Waals surface area contributed by atoms with E-state index >= 15 is 0 Å². The van der Waals surface area contributed by atoms with Gasteiger partial charge in [0.15, 0.2) is 0 Å². The maximum absolute atomic E-state index is 5.50. The summed E-state index contributed by atoms with van der Waals surface area (Å²) in [6, 6.07) is 5.71. The summed E-state index contributed by atoms with van der Waals surface area (Å²) in [5.41, 5.74) is 7.28. The molecule has 0 heterocycles. The fourth-order valence-corrected chi connectivity index (χ4v) is 1.41. The maximum atomic E-state index is 5.50. The van der Waals surface area contributed by atoms with Crippen LogP contribution in [-0.4, -0.2) is 34.0 Å². The fourth-order valence-electron chi connectivity index (χ4n) is 1.41. The molecule has 0 aliphatic heterocycles. The second kappa shape index (κ2) is 8.54. The summed E-state index contributed by atoms with van der Waals surface area (Å²) in [6.45, 7) is 1.95. The Balaban J connectivity index is 2.76. The molecule has 4 heteroatoms. The van der Waals surface area contributed by atoms with Gasteiger partial charge in [-0.05, 0) is 23.8 Å². The van der Waals surface area contributed by atoms with E-state index in [0.717, 1.165) is 16.9 Å². The number of hydrogen-bond donors (Lipinski definition) is 1. The fraction of sp³-hybridized carbons (Fsp3) is 0.429. The molecule has 0 fully saturated rings. The molecule has 1 rings (SSSR count). The van der Waals surface area contributed by atoms with Crippen LogP contribution in [0.1, 0.15) is 11.1 Å². The first-order chi connectivity index (χ1) is 8.81. The SMILES string of the molecule is COCCOCc1cc(OC)ccc1C#CCN. The third-order valence-electron chi connectivity index (χ3n) is 2.33. The molecule has 0 unspecified atom stereocenters. The van der Waals surface area contributed by atoms with Gasteiger partial charge in [0.25, 0.3) is 0 Å². The van der Waals surface area contributed by atoms with Crippen LogP contribution in [0.15, 0.2) is 18.2 Å². The molecular weight excluding hydrogens is 230 g/mol. The topological polar surface area (TPSA) is 53.7 Å². The Morgan fingerprint density at radius 3 is 2.72 bits per heavy atom. The minimum Gasteiger partial charge on any atom is -0.497 e. The molecule has 18 heavy (non-hydrogen) atoms. The summed E-state index contributed by atoms with van der Waals surface area (Å²) in [6.07, 6.45) is 0. The highest BCUT2D eigenvalue weighted by Crippen LogP contribution is 2.18. The van der Waals surface area contributed by atoms with Crippen LogP contribution in [-0.2, 0) is 16.1 Å². The summed E-state index contributed by atoms with van der Waals surface area (Å²) in [7, 11) is 3.28. The Hall–Kier alpha value is -1.54. The molecule has 1 aromatic rings. The Labute approximate surface area is 108 Å². The first-order valence-electron chi connectivity index (χ1n) is 5.74. The molecule has 0 amide bonds. The summed E-state index contributed by atoms with van der Waals surface area (Å²) in [5.74, 6) is 6.65. The quantitative estimate of drug-likeness (QED) is 0.607. The van der Waals surface area contributed by atoms with Gasteiger partial charge in [-0.2, -0.15) is 0 Å². The zero-order valence-electron chi connectivity index (χ0n) is 10.9. The predicted molar refractivity (Wildman–Crippen MR) is 70.5 cm³/mol. The number of hydrogen-bond acceptors (Lipinski definition) is 4. The van der Waals surface area contributed by atoms with E-state index in [0.29, 0.717) is 26.4 Å². The van der Waals surface area contributed by atoms with Crippen LogP contribution in [0, 0.1) is 11.8 Å². The number of ether oxygens (including phenoxy) is 3. The van der Waals surface area contributed by atoms with Crippen molar-refractivity contribution in [2.45, 2.75) is 6.61 Å². The molecule has 0 aliphatic rings. The van der Waals surface area contributed by atoms with E-state index in [1.54, 1.807) is 14.2 Å². The molecule has 0 saturated carbocycles. The van der Waals surface area contributed by atoms with Crippen molar-refractivity contribution in [2.75, 3.05) is 34.0 Å². The summed E-state index contributed by atoms with van der Waals surface area (Å²) in [4.78, 5) is 0. The van der Waals surface area contributed by atoms with Crippen LogP contribution in [0.25, 0.3) is 0 Å². The average molecular weight is 249 g/mol. The van der Waals surface area contributed by atoms with Crippen LogP contribution in [0.5, 0.6) is 5.75 Å². The highest BCUT2D eigenvalue weighted by atomic mass is 16.5. The first-order valence-corrected chi connectivity index (χ1v) is 5.74. The van der Waals surface area contributed by atoms with Gasteiger partial charge < -0.3 is 19.9 Å². The van der Waals surface area contributed by atoms with Crippen molar-refractivity contribution < 1.29 is 14.2 Å². The van der Waals surface area contributed by atoms with Gasteiger partial charge in [0, 0.05) is 12.7 Å². The van der Waals surface area contributed by atoms with Gasteiger partial charge >= 0.3 is 0 Å². The number of benzene rings is 1. The van der Waals surface area contributed by atoms with Crippen LogP contribution in [0.2, 0.25) is 0 Å². The standard InChI is InChI=1S/C14H19NO3/c1-16-8-9-18-11-13-10-14(17-2)6-5-12(13)4-3-7-15/h5-6,10H,7-9,11,15H2,1-2H3. The van der Waals surface area contributed by atoms with E-state index in [1.165, 1.54) is 0 Å². The molecule has 0 saturated heterocycles. The Morgan fingerprint density at radius 1 is 1.22 bits per heavy atom. The maximum Gasteiger partial charge on any atom is 0.119 e. The second-order valence-electron chi connectivity index (χ2n) is 3.57. The van der Waals surface area contributed by atoms with E-state index in [2.05, 4.69) is 11.8 Å². The van der Waals surface area contributed by atoms with Crippen molar-refractivity contribution in [3.63, 3.8) is 0 Å². The first kappa shape index (κ1) is 14.5. The van der Waals surface area contributed by atoms with E-state index in [1.807, 2.05) is 18.2 Å². The van der Waals surface area contributed by atoms with E-state index in [9.17, 15) is 0 Å². The highest BCUT2D eigenvalue weighted by molar-refractivity contribution is 5.45. The molecule has 0 aromatic heterocycles. The number of nitrogens with two attached hydrogens (primary N) is 1. The number of methoxy groups -OCH3 is 2. The lowest BCUT2D eigenvalue weighted by Crippen LogP contribution is -2.03. The van der Waals surface area contributed by atoms with Gasteiger partial charge in [0.2, 0.25) is 0 Å². The van der Waals surface area contributed by atoms with Gasteiger partial charge in [0.05, 0.1) is 33.5 Å². The normalized spacial score (nSPS) is 9.72. The molecule has 1 aromatic carbocycles. The van der Waals surface area contributed by atoms with E-state index in [4.69, 9.17) is 19.9 Å². The van der Waals surface area contributed by atoms with Gasteiger partial charge in [-0.3, -0.25) is 0 Å². The molecule has 0 aliphatic carbocycles. The van der Waals surface area contributed by atoms with E-state index < -0.39 is 0 Å². The van der Waals surface area contributed by atoms with Crippen molar-refractivity contribution in [1.82, 2.24) is 0 Å². The summed E-state index contributed by atoms with van der Waals surface area (Å²) < 4.78 is 15.6. The molecule has 0 radical (unpaired) electrons. The number of rotatable bonds is 6. The largest absolute Gasteiger partial charge is 0.497 e. The summed E-state index contributed by atoms with van der Waals surface area (Å²) in [5, 5.41) is 0. The third kappa shape index (κ3) is 4.76. The molecule has 0 bridgehead atoms. The predicted octanol–water partition coefficient (Wildman–Crippen LogP) is 1.17. The smallest absolute Gasteiger partial charge is 0.119 e. The zero-order chi connectivity index (χ0) is 13.2. The van der Waals surface area contributed by atoms with Crippen LogP contribution in [0.4, 0.5) is 0 Å². The molecule has 98 valence electrons. The molecular formula is C14H19NO3. The highest BCUT2D eigenvalue weighted by Gasteiger charge is 2.03. The monoisotopic (exact) mass is 249 g/mol. The molecule has 0 spiro atoms. The van der Waals surface area contributed by atoms with Crippen molar-refractivity contribution in [1.29, 1.82) is 0 Å². The molecule has 2 N–H and O–H groups in total. The van der Waals surface area contributed by atoms with Crippen LogP contribution >= 0.6 is 0 Å². The lowest BCUT2D eigenvalue weighted by molar-refractivity contribution is 0.0615. The van der Waals surface area contributed by atoms with Crippen molar-refractivity contribution in [3.05, 3.63) is 29.3 Å². The van der Waals surface area contributed by atoms with Crippen molar-refractivity contribution in [3.8, 4) is 17.6 Å². The van der Waals surface area contributed by atoms with Crippen molar-refractivity contribution in [2.24, 2.45) is 5.73 Å². The molecule has 0 atom stereocenters. The molecule has 4 nitrogen and oxygen atoms in total. The van der Waals surface area contributed by atoms with Crippen LogP contribution in [0.3, 0.4) is 0 Å². The minimum absolute atomic E-state index is 0.343.